The highest BCUT2D eigenvalue weighted by Gasteiger charge is 2.45. The van der Waals surface area contributed by atoms with Crippen molar-refractivity contribution in [3.63, 3.8) is 0 Å². The molecule has 0 radical (unpaired) electrons. The third kappa shape index (κ3) is 8.27. The summed E-state index contributed by atoms with van der Waals surface area (Å²) in [5.41, 5.74) is 2.28. The van der Waals surface area contributed by atoms with Gasteiger partial charge >= 0.3 is 5.97 Å². The first-order valence-corrected chi connectivity index (χ1v) is 16.0. The highest BCUT2D eigenvalue weighted by atomic mass is 28.4. The Balaban J connectivity index is 1.79. The Morgan fingerprint density at radius 3 is 2.06 bits per heavy atom. The summed E-state index contributed by atoms with van der Waals surface area (Å²) in [4.78, 5) is 12.4. The summed E-state index contributed by atoms with van der Waals surface area (Å²) in [6, 6.07) is 20.4. The minimum Gasteiger partial charge on any atom is -0.469 e. The van der Waals surface area contributed by atoms with E-state index in [1.807, 2.05) is 36.4 Å². The summed E-state index contributed by atoms with van der Waals surface area (Å²) in [5.74, 6) is -0.0452. The van der Waals surface area contributed by atoms with E-state index in [9.17, 15) is 4.79 Å². The van der Waals surface area contributed by atoms with Crippen molar-refractivity contribution in [3.05, 3.63) is 71.8 Å². The topological polar surface area (TPSA) is 54.0 Å². The van der Waals surface area contributed by atoms with Crippen molar-refractivity contribution in [3.8, 4) is 0 Å². The molecule has 2 aromatic carbocycles. The average Bonchev–Trinajstić information content (AvgIpc) is 2.84. The number of hydrogen-bond acceptors (Lipinski definition) is 5. The molecular weight excluding hydrogens is 468 g/mol. The van der Waals surface area contributed by atoms with E-state index in [0.717, 1.165) is 24.0 Å². The summed E-state index contributed by atoms with van der Waals surface area (Å²) in [7, 11) is -0.524. The van der Waals surface area contributed by atoms with Crippen molar-refractivity contribution in [1.29, 1.82) is 0 Å². The van der Waals surface area contributed by atoms with Gasteiger partial charge in [0, 0.05) is 18.4 Å². The minimum atomic E-state index is -1.98. The third-order valence-corrected chi connectivity index (χ3v) is 12.3. The van der Waals surface area contributed by atoms with Crippen molar-refractivity contribution in [2.75, 3.05) is 13.7 Å². The van der Waals surface area contributed by atoms with E-state index in [1.54, 1.807) is 0 Å². The van der Waals surface area contributed by atoms with Gasteiger partial charge in [-0.15, -0.1) is 0 Å². The summed E-state index contributed by atoms with van der Waals surface area (Å²) in [5, 5.41) is 0.112. The van der Waals surface area contributed by atoms with Gasteiger partial charge < -0.3 is 18.6 Å². The normalized spacial score (nSPS) is 22.8. The number of esters is 1. The van der Waals surface area contributed by atoms with E-state index >= 15 is 0 Å². The number of carbonyl (C=O) groups is 1. The van der Waals surface area contributed by atoms with Crippen LogP contribution in [0.4, 0.5) is 0 Å². The number of hydrogen-bond donors (Lipinski definition) is 0. The van der Waals surface area contributed by atoms with Gasteiger partial charge in [-0.2, -0.15) is 0 Å². The van der Waals surface area contributed by atoms with Gasteiger partial charge in [-0.05, 0) is 48.0 Å². The zero-order chi connectivity index (χ0) is 26.2. The molecule has 3 rings (SSSR count). The van der Waals surface area contributed by atoms with Crippen molar-refractivity contribution in [2.24, 2.45) is 11.8 Å². The van der Waals surface area contributed by atoms with Crippen LogP contribution in [-0.2, 0) is 36.6 Å². The number of ether oxygens (including phenoxy) is 3. The van der Waals surface area contributed by atoms with Crippen LogP contribution in [0, 0.1) is 11.8 Å². The SMILES string of the molecule is COC(=O)C[C@H]1C[C@@H](O[Si](C)(C)C(C)(C)C)C[C@H](OCc2ccccc2)[C@H]1COCc1ccccc1. The lowest BCUT2D eigenvalue weighted by molar-refractivity contribution is -0.146. The van der Waals surface area contributed by atoms with Crippen LogP contribution < -0.4 is 0 Å². The second kappa shape index (κ2) is 13.0. The lowest BCUT2D eigenvalue weighted by Crippen LogP contribution is -2.50. The molecule has 0 heterocycles. The van der Waals surface area contributed by atoms with E-state index < -0.39 is 8.32 Å². The monoisotopic (exact) mass is 512 g/mol. The number of benzene rings is 2. The summed E-state index contributed by atoms with van der Waals surface area (Å²) in [6.45, 7) is 13.0. The molecule has 0 aromatic heterocycles. The molecule has 0 N–H and O–H groups in total. The molecular formula is C30H44O5Si. The maximum Gasteiger partial charge on any atom is 0.305 e. The molecule has 0 saturated heterocycles. The number of carbonyl (C=O) groups excluding carboxylic acids is 1. The molecule has 6 heteroatoms. The Hall–Kier alpha value is -1.99. The lowest BCUT2D eigenvalue weighted by atomic mass is 9.74. The van der Waals surface area contributed by atoms with E-state index in [4.69, 9.17) is 18.6 Å². The molecule has 5 nitrogen and oxygen atoms in total. The fourth-order valence-electron chi connectivity index (χ4n) is 4.67. The van der Waals surface area contributed by atoms with Gasteiger partial charge in [-0.25, -0.2) is 0 Å². The fraction of sp³-hybridized carbons (Fsp3) is 0.567. The molecule has 1 saturated carbocycles. The molecule has 4 atom stereocenters. The predicted molar refractivity (Wildman–Crippen MR) is 146 cm³/mol. The van der Waals surface area contributed by atoms with Gasteiger partial charge in [0.1, 0.15) is 0 Å². The van der Waals surface area contributed by atoms with Gasteiger partial charge in [0.15, 0.2) is 8.32 Å². The van der Waals surface area contributed by atoms with Crippen molar-refractivity contribution >= 4 is 14.3 Å². The van der Waals surface area contributed by atoms with Crippen LogP contribution >= 0.6 is 0 Å². The van der Waals surface area contributed by atoms with Crippen LogP contribution in [0.1, 0.15) is 51.2 Å². The predicted octanol–water partition coefficient (Wildman–Crippen LogP) is 6.77. The van der Waals surface area contributed by atoms with Crippen molar-refractivity contribution in [2.45, 2.75) is 83.6 Å². The Morgan fingerprint density at radius 2 is 1.50 bits per heavy atom. The van der Waals surface area contributed by atoms with Crippen LogP contribution in [0.3, 0.4) is 0 Å². The number of methoxy groups -OCH3 is 1. The van der Waals surface area contributed by atoms with Crippen LogP contribution in [0.25, 0.3) is 0 Å². The fourth-order valence-corrected chi connectivity index (χ4v) is 6.05. The van der Waals surface area contributed by atoms with Gasteiger partial charge in [-0.3, -0.25) is 4.79 Å². The van der Waals surface area contributed by atoms with E-state index in [0.29, 0.717) is 26.2 Å². The Morgan fingerprint density at radius 1 is 0.917 bits per heavy atom. The molecule has 1 fully saturated rings. The zero-order valence-corrected chi connectivity index (χ0v) is 23.9. The first kappa shape index (κ1) is 28.6. The summed E-state index contributed by atoms with van der Waals surface area (Å²) >= 11 is 0. The molecule has 1 aliphatic carbocycles. The summed E-state index contributed by atoms with van der Waals surface area (Å²) in [6.07, 6.45) is 1.94. The summed E-state index contributed by atoms with van der Waals surface area (Å²) < 4.78 is 24.7. The standard InChI is InChI=1S/C30H44O5Si/c1-30(2,3)36(5,6)35-26-17-25(18-29(31)32-4)27(22-33-20-23-13-9-7-10-14-23)28(19-26)34-21-24-15-11-8-12-16-24/h7-16,25-28H,17-22H2,1-6H3/t25-,26-,27+,28+/m1/s1. The zero-order valence-electron chi connectivity index (χ0n) is 22.9. The van der Waals surface area contributed by atoms with Crippen LogP contribution in [0.5, 0.6) is 0 Å². The minimum absolute atomic E-state index is 0.0479. The highest BCUT2D eigenvalue weighted by Crippen LogP contribution is 2.42. The Labute approximate surface area is 218 Å². The highest BCUT2D eigenvalue weighted by molar-refractivity contribution is 6.74. The van der Waals surface area contributed by atoms with Crippen molar-refractivity contribution < 1.29 is 23.4 Å². The third-order valence-electron chi connectivity index (χ3n) is 7.80. The van der Waals surface area contributed by atoms with Gasteiger partial charge in [0.25, 0.3) is 0 Å². The van der Waals surface area contributed by atoms with E-state index in [1.165, 1.54) is 7.11 Å². The lowest BCUT2D eigenvalue weighted by Gasteiger charge is -2.46. The largest absolute Gasteiger partial charge is 0.469 e. The first-order chi connectivity index (χ1) is 17.1. The molecule has 0 spiro atoms. The van der Waals surface area contributed by atoms with Crippen LogP contribution in [0.15, 0.2) is 60.7 Å². The number of rotatable bonds is 11. The molecule has 2 aromatic rings. The molecule has 36 heavy (non-hydrogen) atoms. The molecule has 198 valence electrons. The maximum absolute atomic E-state index is 12.4. The van der Waals surface area contributed by atoms with E-state index in [2.05, 4.69) is 58.1 Å². The van der Waals surface area contributed by atoms with Gasteiger partial charge in [0.05, 0.1) is 33.0 Å². The molecule has 0 amide bonds. The average molecular weight is 513 g/mol. The smallest absolute Gasteiger partial charge is 0.305 e. The maximum atomic E-state index is 12.4. The first-order valence-electron chi connectivity index (χ1n) is 13.1. The Bertz CT molecular complexity index is 925. The Kier molecular flexibility index (Phi) is 10.3. The second-order valence-corrected chi connectivity index (χ2v) is 16.3. The molecule has 0 bridgehead atoms. The van der Waals surface area contributed by atoms with Gasteiger partial charge in [-0.1, -0.05) is 81.4 Å². The van der Waals surface area contributed by atoms with Crippen molar-refractivity contribution in [1.82, 2.24) is 0 Å². The van der Waals surface area contributed by atoms with Crippen LogP contribution in [0.2, 0.25) is 18.1 Å². The quantitative estimate of drug-likeness (QED) is 0.246. The van der Waals surface area contributed by atoms with E-state index in [-0.39, 0.29) is 35.1 Å². The van der Waals surface area contributed by atoms with Gasteiger partial charge in [0.2, 0.25) is 0 Å². The molecule has 0 unspecified atom stereocenters. The molecule has 1 aliphatic rings. The second-order valence-electron chi connectivity index (χ2n) is 11.5. The molecule has 0 aliphatic heterocycles. The van der Waals surface area contributed by atoms with Crippen LogP contribution in [-0.4, -0.2) is 40.2 Å².